The number of nitrogens with two attached hydrogens (primary N) is 3. The van der Waals surface area contributed by atoms with Crippen molar-refractivity contribution in [2.24, 2.45) is 22.2 Å². The van der Waals surface area contributed by atoms with E-state index >= 15 is 0 Å². The number of nitrogens with zero attached hydrogens (tertiary/aromatic N) is 1. The highest BCUT2D eigenvalue weighted by molar-refractivity contribution is 8.00. The molecule has 17 nitrogen and oxygen atoms in total. The molecular weight excluding hydrogens is 574 g/mol. The minimum atomic E-state index is -1.49. The van der Waals surface area contributed by atoms with Crippen molar-refractivity contribution in [1.29, 1.82) is 0 Å². The van der Waals surface area contributed by atoms with Gasteiger partial charge in [-0.2, -0.15) is 0 Å². The summed E-state index contributed by atoms with van der Waals surface area (Å²) in [5, 5.41) is 30.6. The summed E-state index contributed by atoms with van der Waals surface area (Å²) >= 11 is 0.978. The van der Waals surface area contributed by atoms with Gasteiger partial charge in [-0.05, 0) is 39.4 Å². The lowest BCUT2D eigenvalue weighted by molar-refractivity contribution is -0.138. The lowest BCUT2D eigenvalue weighted by Crippen LogP contribution is -2.58. The first-order valence-corrected chi connectivity index (χ1v) is 14.6. The molecular formula is C24H45N9O8S. The Morgan fingerprint density at radius 1 is 0.905 bits per heavy atom. The summed E-state index contributed by atoms with van der Waals surface area (Å²) in [5.74, 6) is -5.42. The van der Waals surface area contributed by atoms with E-state index in [1.165, 1.54) is 6.92 Å². The van der Waals surface area contributed by atoms with E-state index in [4.69, 9.17) is 17.2 Å². The number of guanidine groups is 1. The number of aliphatic imine (C=N–C) groups is 1. The van der Waals surface area contributed by atoms with Crippen molar-refractivity contribution in [3.63, 3.8) is 0 Å². The average Bonchev–Trinajstić information content (AvgIpc) is 2.91. The molecule has 3 unspecified atom stereocenters. The molecule has 6 atom stereocenters. The van der Waals surface area contributed by atoms with E-state index in [1.807, 2.05) is 13.8 Å². The van der Waals surface area contributed by atoms with E-state index in [2.05, 4.69) is 31.6 Å². The number of aliphatic carboxylic acids is 1. The van der Waals surface area contributed by atoms with Crippen LogP contribution < -0.4 is 43.8 Å². The van der Waals surface area contributed by atoms with Crippen LogP contribution in [0.5, 0.6) is 0 Å². The van der Waals surface area contributed by atoms with Crippen LogP contribution in [0.4, 0.5) is 0 Å². The first-order chi connectivity index (χ1) is 19.7. The topological polar surface area (TPSA) is 293 Å². The molecule has 0 aliphatic heterocycles. The number of thioether (sulfide) groups is 1. The van der Waals surface area contributed by atoms with Crippen LogP contribution in [0.3, 0.4) is 0 Å². The minimum Gasteiger partial charge on any atom is -0.480 e. The number of amides is 5. The Morgan fingerprint density at radius 2 is 1.52 bits per heavy atom. The number of aliphatic hydroxyl groups is 1. The molecule has 240 valence electrons. The molecule has 0 aromatic heterocycles. The summed E-state index contributed by atoms with van der Waals surface area (Å²) in [7, 11) is 0. The predicted molar refractivity (Wildman–Crippen MR) is 157 cm³/mol. The highest BCUT2D eigenvalue weighted by Crippen LogP contribution is 2.16. The lowest BCUT2D eigenvalue weighted by Gasteiger charge is -2.27. The number of aliphatic hydroxyl groups excluding tert-OH is 1. The molecule has 0 aromatic rings. The number of primary amides is 1. The third kappa shape index (κ3) is 15.4. The van der Waals surface area contributed by atoms with Crippen molar-refractivity contribution >= 4 is 53.2 Å². The largest absolute Gasteiger partial charge is 0.480 e. The average molecular weight is 620 g/mol. The fraction of sp³-hybridized carbons (Fsp3) is 0.708. The van der Waals surface area contributed by atoms with Crippen LogP contribution in [-0.4, -0.2) is 113 Å². The van der Waals surface area contributed by atoms with Gasteiger partial charge in [0.05, 0.1) is 25.6 Å². The van der Waals surface area contributed by atoms with E-state index < -0.39 is 78.0 Å². The summed E-state index contributed by atoms with van der Waals surface area (Å²) < 4.78 is 0. The van der Waals surface area contributed by atoms with E-state index in [0.29, 0.717) is 6.42 Å². The van der Waals surface area contributed by atoms with Gasteiger partial charge in [-0.25, -0.2) is 0 Å². The van der Waals surface area contributed by atoms with Gasteiger partial charge in [0.15, 0.2) is 5.96 Å². The maximum atomic E-state index is 13.1. The quantitative estimate of drug-likeness (QED) is 0.0335. The molecule has 0 saturated heterocycles. The molecule has 0 radical (unpaired) electrons. The van der Waals surface area contributed by atoms with E-state index in [9.17, 15) is 39.0 Å². The second-order valence-corrected chi connectivity index (χ2v) is 10.5. The van der Waals surface area contributed by atoms with Crippen LogP contribution in [0, 0.1) is 0 Å². The van der Waals surface area contributed by atoms with Gasteiger partial charge in [-0.15, -0.1) is 11.8 Å². The van der Waals surface area contributed by atoms with Gasteiger partial charge in [0, 0.05) is 12.6 Å². The monoisotopic (exact) mass is 619 g/mol. The highest BCUT2D eigenvalue weighted by atomic mass is 32.2. The maximum Gasteiger partial charge on any atom is 0.318 e. The van der Waals surface area contributed by atoms with Crippen molar-refractivity contribution in [2.45, 2.75) is 81.9 Å². The Hall–Kier alpha value is -3.64. The van der Waals surface area contributed by atoms with Crippen LogP contribution in [0.25, 0.3) is 0 Å². The standard InChI is InChI=1S/C24H45N9O8S/c1-5-12(2)29-10-18(36)31-16(11-34)22(39)30-13(3)20(37)33-15(9-17(25)35)21(38)32-14(19(42-4)23(40)41)7-6-8-28-24(26)27/h12-16,19,29,34H,5-11H2,1-4H3,(H2,25,35)(H,30,39)(H,31,36)(H,32,38)(H,33,37)(H,40,41)(H4,26,27,28)/t12?,13-,14+,15-,16?,19?/m0/s1. The molecule has 0 fully saturated rings. The van der Waals surface area contributed by atoms with Crippen molar-refractivity contribution in [1.82, 2.24) is 26.6 Å². The molecule has 0 heterocycles. The number of hydrogen-bond donors (Lipinski definition) is 10. The van der Waals surface area contributed by atoms with Gasteiger partial charge in [0.1, 0.15) is 23.4 Å². The number of carbonyl (C=O) groups is 6. The van der Waals surface area contributed by atoms with Crippen LogP contribution in [-0.2, 0) is 28.8 Å². The smallest absolute Gasteiger partial charge is 0.318 e. The highest BCUT2D eigenvalue weighted by Gasteiger charge is 2.33. The van der Waals surface area contributed by atoms with Gasteiger partial charge in [-0.1, -0.05) is 6.92 Å². The molecule has 5 amide bonds. The van der Waals surface area contributed by atoms with Crippen molar-refractivity contribution in [3.8, 4) is 0 Å². The number of carboxylic acids is 1. The molecule has 0 aliphatic rings. The summed E-state index contributed by atoms with van der Waals surface area (Å²) in [6.45, 7) is 4.43. The van der Waals surface area contributed by atoms with Gasteiger partial charge in [0.2, 0.25) is 29.5 Å². The molecule has 13 N–H and O–H groups in total. The van der Waals surface area contributed by atoms with Crippen LogP contribution in [0.15, 0.2) is 4.99 Å². The zero-order valence-electron chi connectivity index (χ0n) is 24.3. The predicted octanol–water partition coefficient (Wildman–Crippen LogP) is -3.93. The number of nitrogens with one attached hydrogen (secondary N) is 5. The molecule has 0 aliphatic carbocycles. The first kappa shape index (κ1) is 38.4. The van der Waals surface area contributed by atoms with Gasteiger partial charge in [-0.3, -0.25) is 33.8 Å². The zero-order valence-corrected chi connectivity index (χ0v) is 25.2. The SMILES string of the molecule is CCC(C)NCC(=O)NC(CO)C(=O)N[C@@H](C)C(=O)N[C@@H](CC(N)=O)C(=O)N[C@H](CCCN=C(N)N)C(SC)C(=O)O. The summed E-state index contributed by atoms with van der Waals surface area (Å²) in [5.41, 5.74) is 15.9. The van der Waals surface area contributed by atoms with Crippen LogP contribution in [0.1, 0.15) is 46.5 Å². The molecule has 0 bridgehead atoms. The molecule has 18 heteroatoms. The Bertz CT molecular complexity index is 964. The van der Waals surface area contributed by atoms with Crippen molar-refractivity contribution < 1.29 is 39.0 Å². The van der Waals surface area contributed by atoms with Gasteiger partial charge < -0.3 is 54.0 Å². The normalized spacial score (nSPS) is 15.1. The van der Waals surface area contributed by atoms with Gasteiger partial charge in [0.25, 0.3) is 0 Å². The zero-order chi connectivity index (χ0) is 32.4. The van der Waals surface area contributed by atoms with E-state index in [0.717, 1.165) is 18.2 Å². The third-order valence-electron chi connectivity index (χ3n) is 6.01. The van der Waals surface area contributed by atoms with Crippen LogP contribution in [0.2, 0.25) is 0 Å². The Balaban J connectivity index is 5.45. The van der Waals surface area contributed by atoms with Crippen molar-refractivity contribution in [2.75, 3.05) is 26.0 Å². The Kier molecular flexibility index (Phi) is 18.5. The second-order valence-electron chi connectivity index (χ2n) is 9.51. The number of carboxylic acid groups (broad SMARTS) is 1. The molecule has 0 aromatic carbocycles. The first-order valence-electron chi connectivity index (χ1n) is 13.3. The molecule has 0 saturated carbocycles. The van der Waals surface area contributed by atoms with E-state index in [1.54, 1.807) is 6.26 Å². The third-order valence-corrected chi connectivity index (χ3v) is 7.04. The maximum absolute atomic E-state index is 13.1. The van der Waals surface area contributed by atoms with E-state index in [-0.39, 0.29) is 31.5 Å². The number of hydrogen-bond acceptors (Lipinski definition) is 10. The number of rotatable bonds is 21. The summed E-state index contributed by atoms with van der Waals surface area (Å²) in [6, 6.07) is -4.98. The second kappa shape index (κ2) is 20.3. The summed E-state index contributed by atoms with van der Waals surface area (Å²) in [4.78, 5) is 77.8. The van der Waals surface area contributed by atoms with Crippen LogP contribution >= 0.6 is 11.8 Å². The fourth-order valence-corrected chi connectivity index (χ4v) is 4.21. The summed E-state index contributed by atoms with van der Waals surface area (Å²) in [6.07, 6.45) is 2.18. The molecule has 0 rings (SSSR count). The number of carbonyl (C=O) groups excluding carboxylic acids is 5. The lowest BCUT2D eigenvalue weighted by atomic mass is 10.1. The molecule has 0 spiro atoms. The fourth-order valence-electron chi connectivity index (χ4n) is 3.48. The van der Waals surface area contributed by atoms with Gasteiger partial charge >= 0.3 is 5.97 Å². The Morgan fingerprint density at radius 3 is 2.02 bits per heavy atom. The minimum absolute atomic E-state index is 0.0575. The Labute approximate surface area is 248 Å². The molecule has 42 heavy (non-hydrogen) atoms. The van der Waals surface area contributed by atoms with Crippen molar-refractivity contribution in [3.05, 3.63) is 0 Å².